The SMILES string of the molecule is COC(=O)N1CCC=C[C@H]1[C@H]1COC(C)(C)O1. The monoisotopic (exact) mass is 241 g/mol. The predicted octanol–water partition coefficient (Wildman–Crippen LogP) is 1.53. The van der Waals surface area contributed by atoms with Gasteiger partial charge in [0, 0.05) is 6.54 Å². The summed E-state index contributed by atoms with van der Waals surface area (Å²) in [5, 5.41) is 0. The molecule has 1 fully saturated rings. The van der Waals surface area contributed by atoms with Crippen LogP contribution in [0, 0.1) is 0 Å². The van der Waals surface area contributed by atoms with Gasteiger partial charge in [0.25, 0.3) is 0 Å². The van der Waals surface area contributed by atoms with Crippen LogP contribution in [-0.2, 0) is 14.2 Å². The predicted molar refractivity (Wildman–Crippen MR) is 61.6 cm³/mol. The fourth-order valence-electron chi connectivity index (χ4n) is 2.24. The molecule has 0 spiro atoms. The van der Waals surface area contributed by atoms with Crippen molar-refractivity contribution < 1.29 is 19.0 Å². The lowest BCUT2D eigenvalue weighted by Gasteiger charge is -2.34. The summed E-state index contributed by atoms with van der Waals surface area (Å²) < 4.78 is 16.1. The Labute approximate surface area is 101 Å². The topological polar surface area (TPSA) is 48.0 Å². The molecule has 2 aliphatic heterocycles. The van der Waals surface area contributed by atoms with Crippen molar-refractivity contribution in [3.63, 3.8) is 0 Å². The molecule has 2 aliphatic rings. The molecule has 1 saturated heterocycles. The Hall–Kier alpha value is -1.07. The van der Waals surface area contributed by atoms with E-state index >= 15 is 0 Å². The molecule has 0 N–H and O–H groups in total. The van der Waals surface area contributed by atoms with Crippen LogP contribution in [0.25, 0.3) is 0 Å². The smallest absolute Gasteiger partial charge is 0.410 e. The van der Waals surface area contributed by atoms with E-state index in [1.807, 2.05) is 19.9 Å². The molecule has 2 atom stereocenters. The van der Waals surface area contributed by atoms with Gasteiger partial charge in [-0.25, -0.2) is 4.79 Å². The fourth-order valence-corrected chi connectivity index (χ4v) is 2.24. The molecule has 1 amide bonds. The van der Waals surface area contributed by atoms with Crippen molar-refractivity contribution in [2.75, 3.05) is 20.3 Å². The Kier molecular flexibility index (Phi) is 3.40. The molecule has 0 radical (unpaired) electrons. The molecule has 0 bridgehead atoms. The zero-order valence-electron chi connectivity index (χ0n) is 10.5. The number of nitrogens with zero attached hydrogens (tertiary/aromatic N) is 1. The van der Waals surface area contributed by atoms with E-state index in [4.69, 9.17) is 14.2 Å². The zero-order chi connectivity index (χ0) is 12.5. The minimum atomic E-state index is -0.572. The maximum atomic E-state index is 11.7. The van der Waals surface area contributed by atoms with Gasteiger partial charge in [-0.3, -0.25) is 4.90 Å². The molecule has 0 aromatic heterocycles. The van der Waals surface area contributed by atoms with Crippen LogP contribution >= 0.6 is 0 Å². The van der Waals surface area contributed by atoms with Crippen LogP contribution in [0.2, 0.25) is 0 Å². The quantitative estimate of drug-likeness (QED) is 0.653. The highest BCUT2D eigenvalue weighted by molar-refractivity contribution is 5.68. The first-order chi connectivity index (χ1) is 8.03. The Morgan fingerprint density at radius 2 is 2.29 bits per heavy atom. The van der Waals surface area contributed by atoms with Crippen LogP contribution in [0.15, 0.2) is 12.2 Å². The lowest BCUT2D eigenvalue weighted by molar-refractivity contribution is -0.143. The van der Waals surface area contributed by atoms with Crippen molar-refractivity contribution in [1.82, 2.24) is 4.90 Å². The van der Waals surface area contributed by atoms with Crippen molar-refractivity contribution in [1.29, 1.82) is 0 Å². The lowest BCUT2D eigenvalue weighted by Crippen LogP contribution is -2.49. The number of hydrogen-bond acceptors (Lipinski definition) is 4. The van der Waals surface area contributed by atoms with Gasteiger partial charge in [-0.15, -0.1) is 0 Å². The minimum absolute atomic E-state index is 0.0991. The molecule has 5 heteroatoms. The normalized spacial score (nSPS) is 31.6. The maximum absolute atomic E-state index is 11.7. The number of hydrogen-bond donors (Lipinski definition) is 0. The summed E-state index contributed by atoms with van der Waals surface area (Å²) in [5.74, 6) is -0.572. The first kappa shape index (κ1) is 12.4. The summed E-state index contributed by atoms with van der Waals surface area (Å²) in [6, 6.07) is -0.0991. The summed E-state index contributed by atoms with van der Waals surface area (Å²) in [7, 11) is 1.40. The third-order valence-electron chi connectivity index (χ3n) is 3.05. The van der Waals surface area contributed by atoms with Crippen molar-refractivity contribution >= 4 is 6.09 Å². The second-order valence-corrected chi connectivity index (χ2v) is 4.74. The van der Waals surface area contributed by atoms with Crippen molar-refractivity contribution in [3.8, 4) is 0 Å². The summed E-state index contributed by atoms with van der Waals surface area (Å²) in [6.07, 6.45) is 4.48. The van der Waals surface area contributed by atoms with Gasteiger partial charge in [-0.2, -0.15) is 0 Å². The average molecular weight is 241 g/mol. The Morgan fingerprint density at radius 1 is 1.53 bits per heavy atom. The molecule has 0 aromatic rings. The van der Waals surface area contributed by atoms with Gasteiger partial charge in [0.2, 0.25) is 0 Å². The van der Waals surface area contributed by atoms with Crippen molar-refractivity contribution in [3.05, 3.63) is 12.2 Å². The molecule has 2 heterocycles. The second-order valence-electron chi connectivity index (χ2n) is 4.74. The van der Waals surface area contributed by atoms with Crippen LogP contribution in [0.1, 0.15) is 20.3 Å². The van der Waals surface area contributed by atoms with Crippen molar-refractivity contribution in [2.45, 2.75) is 38.2 Å². The standard InChI is InChI=1S/C12H19NO4/c1-12(2)16-8-10(17-12)9-6-4-5-7-13(9)11(14)15-3/h4,6,9-10H,5,7-8H2,1-3H3/t9-,10+/m0/s1. The van der Waals surface area contributed by atoms with Crippen LogP contribution < -0.4 is 0 Å². The Balaban J connectivity index is 2.09. The van der Waals surface area contributed by atoms with Crippen LogP contribution in [-0.4, -0.2) is 49.2 Å². The van der Waals surface area contributed by atoms with E-state index in [0.29, 0.717) is 13.2 Å². The highest BCUT2D eigenvalue weighted by atomic mass is 16.7. The summed E-state index contributed by atoms with van der Waals surface area (Å²) in [5.41, 5.74) is 0. The average Bonchev–Trinajstić information content (AvgIpc) is 2.68. The molecular weight excluding hydrogens is 222 g/mol. The van der Waals surface area contributed by atoms with Crippen LogP contribution in [0.3, 0.4) is 0 Å². The Morgan fingerprint density at radius 3 is 2.88 bits per heavy atom. The first-order valence-corrected chi connectivity index (χ1v) is 5.86. The number of carbonyl (C=O) groups excluding carboxylic acids is 1. The number of methoxy groups -OCH3 is 1. The van der Waals surface area contributed by atoms with Crippen LogP contribution in [0.5, 0.6) is 0 Å². The molecule has 17 heavy (non-hydrogen) atoms. The molecule has 0 aromatic carbocycles. The molecule has 0 unspecified atom stereocenters. The molecule has 96 valence electrons. The van der Waals surface area contributed by atoms with E-state index < -0.39 is 5.79 Å². The largest absolute Gasteiger partial charge is 0.453 e. The molecule has 2 rings (SSSR count). The van der Waals surface area contributed by atoms with E-state index in [1.165, 1.54) is 7.11 Å². The van der Waals surface area contributed by atoms with E-state index in [-0.39, 0.29) is 18.2 Å². The third kappa shape index (κ3) is 2.61. The highest BCUT2D eigenvalue weighted by Gasteiger charge is 2.40. The highest BCUT2D eigenvalue weighted by Crippen LogP contribution is 2.28. The van der Waals surface area contributed by atoms with Gasteiger partial charge in [-0.1, -0.05) is 12.2 Å². The number of amides is 1. The number of carbonyl (C=O) groups is 1. The second kappa shape index (κ2) is 4.66. The minimum Gasteiger partial charge on any atom is -0.453 e. The lowest BCUT2D eigenvalue weighted by atomic mass is 10.1. The van der Waals surface area contributed by atoms with Gasteiger partial charge < -0.3 is 14.2 Å². The summed E-state index contributed by atoms with van der Waals surface area (Å²) in [6.45, 7) is 4.91. The van der Waals surface area contributed by atoms with Gasteiger partial charge in [0.1, 0.15) is 6.10 Å². The first-order valence-electron chi connectivity index (χ1n) is 5.86. The van der Waals surface area contributed by atoms with Gasteiger partial charge in [-0.05, 0) is 20.3 Å². The summed E-state index contributed by atoms with van der Waals surface area (Å²) >= 11 is 0. The van der Waals surface area contributed by atoms with Crippen molar-refractivity contribution in [2.24, 2.45) is 0 Å². The molecular formula is C12H19NO4. The molecule has 0 saturated carbocycles. The van der Waals surface area contributed by atoms with E-state index in [0.717, 1.165) is 6.42 Å². The van der Waals surface area contributed by atoms with Crippen LogP contribution in [0.4, 0.5) is 4.79 Å². The maximum Gasteiger partial charge on any atom is 0.410 e. The Bertz CT molecular complexity index is 326. The molecule has 0 aliphatic carbocycles. The number of ether oxygens (including phenoxy) is 3. The van der Waals surface area contributed by atoms with Gasteiger partial charge >= 0.3 is 6.09 Å². The number of rotatable bonds is 1. The van der Waals surface area contributed by atoms with E-state index in [1.54, 1.807) is 4.90 Å². The van der Waals surface area contributed by atoms with Gasteiger partial charge in [0.15, 0.2) is 5.79 Å². The van der Waals surface area contributed by atoms with E-state index in [2.05, 4.69) is 6.08 Å². The summed E-state index contributed by atoms with van der Waals surface area (Å²) in [4.78, 5) is 13.4. The van der Waals surface area contributed by atoms with E-state index in [9.17, 15) is 4.79 Å². The third-order valence-corrected chi connectivity index (χ3v) is 3.05. The molecule has 5 nitrogen and oxygen atoms in total. The zero-order valence-corrected chi connectivity index (χ0v) is 10.5. The van der Waals surface area contributed by atoms with Gasteiger partial charge in [0.05, 0.1) is 19.8 Å². The fraction of sp³-hybridized carbons (Fsp3) is 0.750.